The van der Waals surface area contributed by atoms with E-state index < -0.39 is 5.91 Å². The van der Waals surface area contributed by atoms with E-state index in [1.54, 1.807) is 24.3 Å². The summed E-state index contributed by atoms with van der Waals surface area (Å²) in [5, 5.41) is 6.53. The lowest BCUT2D eigenvalue weighted by atomic mass is 10.2. The van der Waals surface area contributed by atoms with Crippen molar-refractivity contribution >= 4 is 18.0 Å². The van der Waals surface area contributed by atoms with Crippen LogP contribution in [0.4, 0.5) is 0 Å². The molecule has 0 aliphatic carbocycles. The second kappa shape index (κ2) is 11.9. The number of carbonyl (C=O) groups is 2. The average Bonchev–Trinajstić information content (AvgIpc) is 2.83. The van der Waals surface area contributed by atoms with Crippen molar-refractivity contribution in [1.29, 1.82) is 0 Å². The van der Waals surface area contributed by atoms with Gasteiger partial charge >= 0.3 is 0 Å². The van der Waals surface area contributed by atoms with E-state index in [4.69, 9.17) is 9.47 Å². The lowest BCUT2D eigenvalue weighted by molar-refractivity contribution is -0.120. The van der Waals surface area contributed by atoms with Crippen LogP contribution in [-0.2, 0) is 11.4 Å². The zero-order valence-corrected chi connectivity index (χ0v) is 17.8. The quantitative estimate of drug-likeness (QED) is 0.380. The van der Waals surface area contributed by atoms with Gasteiger partial charge in [-0.05, 0) is 48.9 Å². The van der Waals surface area contributed by atoms with Crippen molar-refractivity contribution < 1.29 is 19.1 Å². The van der Waals surface area contributed by atoms with Crippen LogP contribution in [0.5, 0.6) is 11.5 Å². The van der Waals surface area contributed by atoms with Gasteiger partial charge in [0.25, 0.3) is 11.8 Å². The van der Waals surface area contributed by atoms with Gasteiger partial charge in [-0.25, -0.2) is 5.43 Å². The van der Waals surface area contributed by atoms with Gasteiger partial charge in [-0.15, -0.1) is 0 Å². The molecule has 0 aliphatic rings. The van der Waals surface area contributed by atoms with Crippen LogP contribution in [0.15, 0.2) is 84.0 Å². The summed E-state index contributed by atoms with van der Waals surface area (Å²) in [6, 6.07) is 23.9. The van der Waals surface area contributed by atoms with E-state index in [1.807, 2.05) is 61.5 Å². The van der Waals surface area contributed by atoms with Crippen molar-refractivity contribution in [3.05, 3.63) is 95.6 Å². The Morgan fingerprint density at radius 3 is 2.38 bits per heavy atom. The van der Waals surface area contributed by atoms with Crippen LogP contribution in [0.2, 0.25) is 0 Å². The molecule has 0 unspecified atom stereocenters. The molecule has 0 atom stereocenters. The largest absolute Gasteiger partial charge is 0.494 e. The van der Waals surface area contributed by atoms with Crippen molar-refractivity contribution in [2.75, 3.05) is 13.2 Å². The summed E-state index contributed by atoms with van der Waals surface area (Å²) in [6.07, 6.45) is 1.51. The Bertz CT molecular complexity index is 1050. The monoisotopic (exact) mass is 431 g/mol. The standard InChI is InChI=1S/C25H25N3O4/c1-2-31-22-14-12-20(13-15-22)25(30)26-17-24(29)28-27-16-21-10-6-7-11-23(21)32-18-19-8-4-3-5-9-19/h3-16H,2,17-18H2,1H3,(H,26,30)(H,28,29)/b27-16-. The molecule has 2 amide bonds. The summed E-state index contributed by atoms with van der Waals surface area (Å²) in [5.74, 6) is 0.539. The Balaban J connectivity index is 1.47. The highest BCUT2D eigenvalue weighted by molar-refractivity contribution is 5.96. The Hall–Kier alpha value is -4.13. The van der Waals surface area contributed by atoms with Gasteiger partial charge in [0, 0.05) is 11.1 Å². The van der Waals surface area contributed by atoms with Crippen molar-refractivity contribution in [3.63, 3.8) is 0 Å². The molecule has 0 heterocycles. The summed E-state index contributed by atoms with van der Waals surface area (Å²) in [6.45, 7) is 2.67. The van der Waals surface area contributed by atoms with Gasteiger partial charge in [-0.2, -0.15) is 5.10 Å². The number of nitrogens with zero attached hydrogens (tertiary/aromatic N) is 1. The molecule has 7 heteroatoms. The van der Waals surface area contributed by atoms with Crippen LogP contribution in [-0.4, -0.2) is 31.2 Å². The first-order chi connectivity index (χ1) is 15.7. The third-order valence-corrected chi connectivity index (χ3v) is 4.39. The van der Waals surface area contributed by atoms with E-state index in [0.717, 1.165) is 11.1 Å². The third kappa shape index (κ3) is 6.98. The molecule has 7 nitrogen and oxygen atoms in total. The number of benzene rings is 3. The molecule has 0 radical (unpaired) electrons. The lowest BCUT2D eigenvalue weighted by Crippen LogP contribution is -2.34. The fourth-order valence-corrected chi connectivity index (χ4v) is 2.80. The van der Waals surface area contributed by atoms with Crippen molar-refractivity contribution in [2.45, 2.75) is 13.5 Å². The Kier molecular flexibility index (Phi) is 8.39. The van der Waals surface area contributed by atoms with E-state index in [9.17, 15) is 9.59 Å². The van der Waals surface area contributed by atoms with Crippen LogP contribution in [0.3, 0.4) is 0 Å². The zero-order chi connectivity index (χ0) is 22.6. The number of nitrogens with one attached hydrogen (secondary N) is 2. The molecule has 0 bridgehead atoms. The number of rotatable bonds is 10. The van der Waals surface area contributed by atoms with Gasteiger partial charge in [0.05, 0.1) is 19.4 Å². The molecule has 2 N–H and O–H groups in total. The molecule has 0 fully saturated rings. The van der Waals surface area contributed by atoms with Crippen molar-refractivity contribution in [3.8, 4) is 11.5 Å². The summed E-state index contributed by atoms with van der Waals surface area (Å²) in [5.41, 5.74) is 4.62. The van der Waals surface area contributed by atoms with Gasteiger partial charge < -0.3 is 14.8 Å². The maximum Gasteiger partial charge on any atom is 0.259 e. The normalized spacial score (nSPS) is 10.5. The summed E-state index contributed by atoms with van der Waals surface area (Å²) < 4.78 is 11.2. The Morgan fingerprint density at radius 1 is 0.906 bits per heavy atom. The molecule has 0 aliphatic heterocycles. The Morgan fingerprint density at radius 2 is 1.62 bits per heavy atom. The predicted octanol–water partition coefficient (Wildman–Crippen LogP) is 3.54. The minimum Gasteiger partial charge on any atom is -0.494 e. The molecule has 0 spiro atoms. The first-order valence-corrected chi connectivity index (χ1v) is 10.2. The van der Waals surface area contributed by atoms with Gasteiger partial charge in [-0.1, -0.05) is 42.5 Å². The number of carbonyl (C=O) groups excluding carboxylic acids is 2. The smallest absolute Gasteiger partial charge is 0.259 e. The highest BCUT2D eigenvalue weighted by Gasteiger charge is 2.08. The molecule has 0 aromatic heterocycles. The van der Waals surface area contributed by atoms with Crippen LogP contribution >= 0.6 is 0 Å². The average molecular weight is 431 g/mol. The number of ether oxygens (including phenoxy) is 2. The highest BCUT2D eigenvalue weighted by Crippen LogP contribution is 2.17. The fourth-order valence-electron chi connectivity index (χ4n) is 2.80. The van der Waals surface area contributed by atoms with E-state index in [0.29, 0.717) is 30.3 Å². The topological polar surface area (TPSA) is 89.0 Å². The molecule has 0 saturated carbocycles. The molecular weight excluding hydrogens is 406 g/mol. The molecule has 32 heavy (non-hydrogen) atoms. The molecule has 3 rings (SSSR count). The first kappa shape index (κ1) is 22.6. The molecule has 0 saturated heterocycles. The van der Waals surface area contributed by atoms with Gasteiger partial charge in [-0.3, -0.25) is 9.59 Å². The molecule has 3 aromatic rings. The summed E-state index contributed by atoms with van der Waals surface area (Å²) >= 11 is 0. The van der Waals surface area contributed by atoms with Gasteiger partial charge in [0.15, 0.2) is 0 Å². The molecule has 3 aromatic carbocycles. The predicted molar refractivity (Wildman–Crippen MR) is 123 cm³/mol. The maximum atomic E-state index is 12.2. The zero-order valence-electron chi connectivity index (χ0n) is 17.8. The number of hydrogen-bond donors (Lipinski definition) is 2. The van der Waals surface area contributed by atoms with E-state index >= 15 is 0 Å². The van der Waals surface area contributed by atoms with Crippen LogP contribution in [0.1, 0.15) is 28.4 Å². The van der Waals surface area contributed by atoms with Crippen LogP contribution in [0, 0.1) is 0 Å². The lowest BCUT2D eigenvalue weighted by Gasteiger charge is -2.09. The van der Waals surface area contributed by atoms with E-state index in [1.165, 1.54) is 6.21 Å². The summed E-state index contributed by atoms with van der Waals surface area (Å²) in [4.78, 5) is 24.2. The third-order valence-electron chi connectivity index (χ3n) is 4.39. The maximum absolute atomic E-state index is 12.2. The molecule has 164 valence electrons. The number of hydrazone groups is 1. The minimum atomic E-state index is -0.441. The van der Waals surface area contributed by atoms with E-state index in [2.05, 4.69) is 15.8 Å². The second-order valence-electron chi connectivity index (χ2n) is 6.75. The number of para-hydroxylation sites is 1. The Labute approximate surface area is 187 Å². The van der Waals surface area contributed by atoms with Gasteiger partial charge in [0.2, 0.25) is 0 Å². The van der Waals surface area contributed by atoms with Crippen LogP contribution in [0.25, 0.3) is 0 Å². The number of hydrogen-bond acceptors (Lipinski definition) is 5. The summed E-state index contributed by atoms with van der Waals surface area (Å²) in [7, 11) is 0. The fraction of sp³-hybridized carbons (Fsp3) is 0.160. The minimum absolute atomic E-state index is 0.199. The highest BCUT2D eigenvalue weighted by atomic mass is 16.5. The van der Waals surface area contributed by atoms with Gasteiger partial charge in [0.1, 0.15) is 18.1 Å². The SMILES string of the molecule is CCOc1ccc(C(=O)NCC(=O)N/N=C\c2ccccc2OCc2ccccc2)cc1. The van der Waals surface area contributed by atoms with Crippen LogP contribution < -0.4 is 20.2 Å². The first-order valence-electron chi connectivity index (χ1n) is 10.2. The second-order valence-corrected chi connectivity index (χ2v) is 6.75. The number of amides is 2. The van der Waals surface area contributed by atoms with E-state index in [-0.39, 0.29) is 12.5 Å². The van der Waals surface area contributed by atoms with Crippen molar-refractivity contribution in [2.24, 2.45) is 5.10 Å². The van der Waals surface area contributed by atoms with Crippen molar-refractivity contribution in [1.82, 2.24) is 10.7 Å². The molecular formula is C25H25N3O4.